The normalized spacial score (nSPS) is 13.6. The third-order valence-corrected chi connectivity index (χ3v) is 7.79. The molecule has 1 aromatic carbocycles. The van der Waals surface area contributed by atoms with Gasteiger partial charge in [0.2, 0.25) is 0 Å². The Morgan fingerprint density at radius 1 is 1.20 bits per heavy atom. The molecular formula is C20H21N3O5S2. The highest BCUT2D eigenvalue weighted by atomic mass is 32.2. The summed E-state index contributed by atoms with van der Waals surface area (Å²) in [6.07, 6.45) is 2.31. The van der Waals surface area contributed by atoms with Crippen LogP contribution in [-0.2, 0) is 21.2 Å². The van der Waals surface area contributed by atoms with Gasteiger partial charge >= 0.3 is 0 Å². The molecule has 3 aromatic rings. The number of amides is 1. The fraction of sp³-hybridized carbons (Fsp3) is 0.250. The summed E-state index contributed by atoms with van der Waals surface area (Å²) in [5, 5.41) is 10.8. The minimum atomic E-state index is -3.82. The molecule has 0 saturated carbocycles. The number of thiazole rings is 1. The summed E-state index contributed by atoms with van der Waals surface area (Å²) in [5.74, 6) is -1.03. The molecule has 2 N–H and O–H groups in total. The number of sulfone groups is 1. The van der Waals surface area contributed by atoms with Crippen LogP contribution in [0.25, 0.3) is 22.4 Å². The Morgan fingerprint density at radius 2 is 1.87 bits per heavy atom. The standard InChI is InChI=1S/C20H21N3O5S2/c1-20(19(25)22-26,30(2,27)28)8-10-23-9-7-16(11-18(23)24)14-3-5-15(6-4-14)17-12-29-13-21-17/h3-7,9,11-13,26H,8,10H2,1-2H3,(H,22,25)/t20-/m1/s1. The van der Waals surface area contributed by atoms with Gasteiger partial charge in [0.25, 0.3) is 11.5 Å². The third kappa shape index (κ3) is 4.35. The van der Waals surface area contributed by atoms with Crippen LogP contribution in [0.4, 0.5) is 0 Å². The van der Waals surface area contributed by atoms with Crippen LogP contribution in [-0.4, -0.2) is 40.1 Å². The van der Waals surface area contributed by atoms with Crippen molar-refractivity contribution in [2.45, 2.75) is 24.6 Å². The van der Waals surface area contributed by atoms with Crippen LogP contribution in [0.15, 0.2) is 58.3 Å². The first-order chi connectivity index (χ1) is 14.2. The molecule has 2 aromatic heterocycles. The van der Waals surface area contributed by atoms with E-state index in [1.54, 1.807) is 17.8 Å². The van der Waals surface area contributed by atoms with Crippen molar-refractivity contribution in [2.24, 2.45) is 0 Å². The zero-order valence-electron chi connectivity index (χ0n) is 16.4. The summed E-state index contributed by atoms with van der Waals surface area (Å²) in [5.41, 5.74) is 6.30. The highest BCUT2D eigenvalue weighted by Gasteiger charge is 2.43. The van der Waals surface area contributed by atoms with Crippen molar-refractivity contribution in [1.29, 1.82) is 0 Å². The molecule has 0 aliphatic carbocycles. The van der Waals surface area contributed by atoms with Crippen LogP contribution in [0.1, 0.15) is 13.3 Å². The van der Waals surface area contributed by atoms with Crippen LogP contribution in [0, 0.1) is 0 Å². The van der Waals surface area contributed by atoms with Crippen molar-refractivity contribution in [3.05, 3.63) is 63.8 Å². The summed E-state index contributed by atoms with van der Waals surface area (Å²) in [6, 6.07) is 10.9. The number of nitrogens with one attached hydrogen (secondary N) is 1. The van der Waals surface area contributed by atoms with Crippen LogP contribution in [0.5, 0.6) is 0 Å². The van der Waals surface area contributed by atoms with Crippen molar-refractivity contribution >= 4 is 27.1 Å². The van der Waals surface area contributed by atoms with E-state index in [9.17, 15) is 18.0 Å². The quantitative estimate of drug-likeness (QED) is 0.424. The van der Waals surface area contributed by atoms with E-state index in [1.807, 2.05) is 29.6 Å². The fourth-order valence-corrected chi connectivity index (χ4v) is 4.39. The molecule has 0 saturated heterocycles. The summed E-state index contributed by atoms with van der Waals surface area (Å²) < 4.78 is 23.6. The molecular weight excluding hydrogens is 426 g/mol. The fourth-order valence-electron chi connectivity index (χ4n) is 2.98. The van der Waals surface area contributed by atoms with Gasteiger partial charge in [0.1, 0.15) is 0 Å². The Kier molecular flexibility index (Phi) is 6.20. The first kappa shape index (κ1) is 21.9. The van der Waals surface area contributed by atoms with E-state index in [2.05, 4.69) is 4.98 Å². The van der Waals surface area contributed by atoms with Crippen LogP contribution in [0.2, 0.25) is 0 Å². The molecule has 30 heavy (non-hydrogen) atoms. The molecule has 0 aliphatic rings. The summed E-state index contributed by atoms with van der Waals surface area (Å²) in [4.78, 5) is 28.7. The van der Waals surface area contributed by atoms with Gasteiger partial charge in [-0.3, -0.25) is 14.8 Å². The molecule has 10 heteroatoms. The van der Waals surface area contributed by atoms with E-state index in [-0.39, 0.29) is 18.5 Å². The molecule has 0 radical (unpaired) electrons. The number of hydrogen-bond donors (Lipinski definition) is 2. The van der Waals surface area contributed by atoms with Crippen molar-refractivity contribution in [1.82, 2.24) is 15.0 Å². The number of aryl methyl sites for hydroxylation is 1. The maximum Gasteiger partial charge on any atom is 0.264 e. The maximum atomic E-state index is 12.5. The van der Waals surface area contributed by atoms with E-state index in [1.165, 1.54) is 34.4 Å². The Balaban J connectivity index is 1.80. The van der Waals surface area contributed by atoms with Gasteiger partial charge in [0.15, 0.2) is 14.6 Å². The van der Waals surface area contributed by atoms with Gasteiger partial charge in [-0.2, -0.15) is 0 Å². The predicted molar refractivity (Wildman–Crippen MR) is 115 cm³/mol. The summed E-state index contributed by atoms with van der Waals surface area (Å²) in [6.45, 7) is 1.22. The predicted octanol–water partition coefficient (Wildman–Crippen LogP) is 2.34. The lowest BCUT2D eigenvalue weighted by atomic mass is 10.0. The van der Waals surface area contributed by atoms with Crippen molar-refractivity contribution in [2.75, 3.05) is 6.26 Å². The van der Waals surface area contributed by atoms with Gasteiger partial charge in [0.05, 0.1) is 11.2 Å². The zero-order chi connectivity index (χ0) is 21.9. The van der Waals surface area contributed by atoms with Crippen LogP contribution < -0.4 is 11.0 Å². The van der Waals surface area contributed by atoms with Crippen LogP contribution in [0.3, 0.4) is 0 Å². The SMILES string of the molecule is C[C@@](CCn1ccc(-c2ccc(-c3cscn3)cc2)cc1=O)(C(=O)NO)S(C)(=O)=O. The summed E-state index contributed by atoms with van der Waals surface area (Å²) >= 11 is 1.52. The Morgan fingerprint density at radius 3 is 2.40 bits per heavy atom. The van der Waals surface area contributed by atoms with Gasteiger partial charge < -0.3 is 4.57 Å². The number of carbonyl (C=O) groups excluding carboxylic acids is 1. The molecule has 0 spiro atoms. The van der Waals surface area contributed by atoms with Gasteiger partial charge in [-0.05, 0) is 30.5 Å². The second-order valence-electron chi connectivity index (χ2n) is 7.09. The van der Waals surface area contributed by atoms with Gasteiger partial charge in [0, 0.05) is 36.0 Å². The molecule has 158 valence electrons. The smallest absolute Gasteiger partial charge is 0.264 e. The lowest BCUT2D eigenvalue weighted by Gasteiger charge is -2.25. The van der Waals surface area contributed by atoms with Gasteiger partial charge in [-0.15, -0.1) is 11.3 Å². The molecule has 0 unspecified atom stereocenters. The van der Waals surface area contributed by atoms with Crippen LogP contribution >= 0.6 is 11.3 Å². The lowest BCUT2D eigenvalue weighted by molar-refractivity contribution is -0.131. The van der Waals surface area contributed by atoms with Gasteiger partial charge in [-0.25, -0.2) is 18.9 Å². The lowest BCUT2D eigenvalue weighted by Crippen LogP contribution is -2.49. The maximum absolute atomic E-state index is 12.5. The number of hydrogen-bond acceptors (Lipinski definition) is 7. The molecule has 1 atom stereocenters. The Labute approximate surface area is 177 Å². The Bertz CT molecular complexity index is 1200. The average Bonchev–Trinajstić information content (AvgIpc) is 3.26. The second-order valence-corrected chi connectivity index (χ2v) is 10.3. The van der Waals surface area contributed by atoms with E-state index in [4.69, 9.17) is 5.21 Å². The van der Waals surface area contributed by atoms with Crippen molar-refractivity contribution < 1.29 is 18.4 Å². The molecule has 0 bridgehead atoms. The van der Waals surface area contributed by atoms with E-state index < -0.39 is 20.5 Å². The second kappa shape index (κ2) is 8.50. The third-order valence-electron chi connectivity index (χ3n) is 5.17. The molecule has 0 aliphatic heterocycles. The van der Waals surface area contributed by atoms with Gasteiger partial charge in [-0.1, -0.05) is 24.3 Å². The summed E-state index contributed by atoms with van der Waals surface area (Å²) in [7, 11) is -3.82. The minimum absolute atomic E-state index is 0.00112. The number of carbonyl (C=O) groups is 1. The highest BCUT2D eigenvalue weighted by Crippen LogP contribution is 2.25. The topological polar surface area (TPSA) is 118 Å². The number of rotatable bonds is 7. The molecule has 8 nitrogen and oxygen atoms in total. The number of nitrogens with zero attached hydrogens (tertiary/aromatic N) is 2. The molecule has 0 fully saturated rings. The average molecular weight is 448 g/mol. The minimum Gasteiger partial charge on any atom is -0.315 e. The molecule has 2 heterocycles. The van der Waals surface area contributed by atoms with E-state index >= 15 is 0 Å². The number of aromatic nitrogens is 2. The zero-order valence-corrected chi connectivity index (χ0v) is 18.0. The first-order valence-electron chi connectivity index (χ1n) is 8.99. The number of pyridine rings is 1. The number of benzene rings is 1. The molecule has 1 amide bonds. The highest BCUT2D eigenvalue weighted by molar-refractivity contribution is 7.92. The first-order valence-corrected chi connectivity index (χ1v) is 11.8. The number of hydroxylamine groups is 1. The monoisotopic (exact) mass is 447 g/mol. The van der Waals surface area contributed by atoms with Crippen molar-refractivity contribution in [3.63, 3.8) is 0 Å². The van der Waals surface area contributed by atoms with Crippen molar-refractivity contribution in [3.8, 4) is 22.4 Å². The van der Waals surface area contributed by atoms with E-state index in [0.717, 1.165) is 28.6 Å². The molecule has 3 rings (SSSR count). The largest absolute Gasteiger partial charge is 0.315 e. The Hall–Kier alpha value is -2.82. The van der Waals surface area contributed by atoms with E-state index in [0.29, 0.717) is 0 Å².